The van der Waals surface area contributed by atoms with Crippen molar-refractivity contribution in [3.63, 3.8) is 0 Å². The lowest BCUT2D eigenvalue weighted by atomic mass is 10.1. The number of H-pyrrole nitrogens is 1. The maximum atomic E-state index is 11.2. The average Bonchev–Trinajstić information content (AvgIpc) is 2.35. The van der Waals surface area contributed by atoms with Crippen molar-refractivity contribution in [1.82, 2.24) is 9.97 Å². The molecule has 0 aliphatic rings. The van der Waals surface area contributed by atoms with Gasteiger partial charge in [-0.25, -0.2) is 4.98 Å². The zero-order chi connectivity index (χ0) is 12.1. The molecule has 0 radical (unpaired) electrons. The maximum absolute atomic E-state index is 11.2. The molecule has 0 saturated carbocycles. The largest absolute Gasteiger partial charge is 0.393 e. The molecule has 2 aromatic rings. The Morgan fingerprint density at radius 2 is 2.06 bits per heavy atom. The van der Waals surface area contributed by atoms with E-state index < -0.39 is 0 Å². The molecule has 2 rings (SSSR count). The quantitative estimate of drug-likeness (QED) is 0.731. The SMILES string of the molecule is Nc1cnc(NCCc2ccccc2)[nH]c1=O. The Labute approximate surface area is 98.7 Å². The minimum absolute atomic E-state index is 0.124. The van der Waals surface area contributed by atoms with Crippen molar-refractivity contribution >= 4 is 11.6 Å². The summed E-state index contributed by atoms with van der Waals surface area (Å²) in [5.41, 5.74) is 6.41. The van der Waals surface area contributed by atoms with Gasteiger partial charge in [0.05, 0.1) is 6.20 Å². The molecule has 0 bridgehead atoms. The van der Waals surface area contributed by atoms with E-state index in [0.717, 1.165) is 6.42 Å². The average molecular weight is 230 g/mol. The lowest BCUT2D eigenvalue weighted by molar-refractivity contribution is 0.977. The number of aromatic amines is 1. The van der Waals surface area contributed by atoms with E-state index in [1.165, 1.54) is 11.8 Å². The Balaban J connectivity index is 1.90. The first-order valence-corrected chi connectivity index (χ1v) is 5.38. The maximum Gasteiger partial charge on any atom is 0.275 e. The molecule has 0 spiro atoms. The summed E-state index contributed by atoms with van der Waals surface area (Å²) in [7, 11) is 0. The van der Waals surface area contributed by atoms with E-state index in [2.05, 4.69) is 27.4 Å². The van der Waals surface area contributed by atoms with Gasteiger partial charge in [-0.3, -0.25) is 9.78 Å². The van der Waals surface area contributed by atoms with Gasteiger partial charge < -0.3 is 11.1 Å². The van der Waals surface area contributed by atoms with Crippen molar-refractivity contribution in [3.8, 4) is 0 Å². The highest BCUT2D eigenvalue weighted by atomic mass is 16.1. The van der Waals surface area contributed by atoms with Gasteiger partial charge in [0.25, 0.3) is 5.56 Å². The summed E-state index contributed by atoms with van der Waals surface area (Å²) in [5, 5.41) is 3.04. The number of rotatable bonds is 4. The predicted octanol–water partition coefficient (Wildman–Crippen LogP) is 1.01. The predicted molar refractivity (Wildman–Crippen MR) is 67.9 cm³/mol. The number of anilines is 2. The number of nitrogens with two attached hydrogens (primary N) is 1. The van der Waals surface area contributed by atoms with Crippen LogP contribution in [-0.4, -0.2) is 16.5 Å². The van der Waals surface area contributed by atoms with Gasteiger partial charge >= 0.3 is 0 Å². The van der Waals surface area contributed by atoms with Gasteiger partial charge in [-0.05, 0) is 12.0 Å². The molecule has 88 valence electrons. The van der Waals surface area contributed by atoms with Gasteiger partial charge in [-0.15, -0.1) is 0 Å². The van der Waals surface area contributed by atoms with Gasteiger partial charge in [-0.1, -0.05) is 30.3 Å². The van der Waals surface area contributed by atoms with Crippen LogP contribution in [0.15, 0.2) is 41.3 Å². The van der Waals surface area contributed by atoms with Crippen molar-refractivity contribution in [2.24, 2.45) is 0 Å². The van der Waals surface area contributed by atoms with Crippen LogP contribution in [0.25, 0.3) is 0 Å². The van der Waals surface area contributed by atoms with E-state index in [1.807, 2.05) is 18.2 Å². The zero-order valence-electron chi connectivity index (χ0n) is 9.31. The minimum atomic E-state index is -0.317. The van der Waals surface area contributed by atoms with E-state index in [1.54, 1.807) is 0 Å². The molecule has 1 heterocycles. The number of aromatic nitrogens is 2. The first-order valence-electron chi connectivity index (χ1n) is 5.38. The van der Waals surface area contributed by atoms with Crippen LogP contribution >= 0.6 is 0 Å². The molecule has 0 amide bonds. The number of nitrogen functional groups attached to an aromatic ring is 1. The number of hydrogen-bond donors (Lipinski definition) is 3. The van der Waals surface area contributed by atoms with E-state index >= 15 is 0 Å². The summed E-state index contributed by atoms with van der Waals surface area (Å²) < 4.78 is 0. The number of hydrogen-bond acceptors (Lipinski definition) is 4. The first-order chi connectivity index (χ1) is 8.25. The standard InChI is InChI=1S/C12H14N4O/c13-10-8-15-12(16-11(10)17)14-7-6-9-4-2-1-3-5-9/h1-5,8H,6-7,13H2,(H2,14,15,16,17). The highest BCUT2D eigenvalue weighted by molar-refractivity contribution is 5.36. The Morgan fingerprint density at radius 3 is 2.76 bits per heavy atom. The second-order valence-corrected chi connectivity index (χ2v) is 3.68. The van der Waals surface area contributed by atoms with Crippen LogP contribution in [0, 0.1) is 0 Å². The summed E-state index contributed by atoms with van der Waals surface area (Å²) in [4.78, 5) is 17.8. The molecule has 0 aliphatic heterocycles. The Morgan fingerprint density at radius 1 is 1.29 bits per heavy atom. The van der Waals surface area contributed by atoms with Gasteiger partial charge in [0, 0.05) is 6.54 Å². The fourth-order valence-corrected chi connectivity index (χ4v) is 1.46. The molecule has 0 aliphatic carbocycles. The molecule has 0 saturated heterocycles. The second kappa shape index (κ2) is 5.16. The highest BCUT2D eigenvalue weighted by Crippen LogP contribution is 2.00. The molecule has 0 unspecified atom stereocenters. The zero-order valence-corrected chi connectivity index (χ0v) is 9.31. The number of nitrogens with one attached hydrogen (secondary N) is 2. The third-order valence-corrected chi connectivity index (χ3v) is 2.38. The third-order valence-electron chi connectivity index (χ3n) is 2.38. The van der Waals surface area contributed by atoms with E-state index in [0.29, 0.717) is 12.5 Å². The molecule has 0 fully saturated rings. The monoisotopic (exact) mass is 230 g/mol. The molecule has 1 aromatic carbocycles. The van der Waals surface area contributed by atoms with Gasteiger partial charge in [0.1, 0.15) is 5.69 Å². The van der Waals surface area contributed by atoms with Crippen LogP contribution in [0.3, 0.4) is 0 Å². The summed E-state index contributed by atoms with van der Waals surface area (Å²) in [5.74, 6) is 0.445. The number of nitrogens with zero attached hydrogens (tertiary/aromatic N) is 1. The molecule has 5 nitrogen and oxygen atoms in total. The van der Waals surface area contributed by atoms with Crippen LogP contribution in [0.2, 0.25) is 0 Å². The van der Waals surface area contributed by atoms with Crippen molar-refractivity contribution in [1.29, 1.82) is 0 Å². The summed E-state index contributed by atoms with van der Waals surface area (Å²) in [6, 6.07) is 10.1. The lowest BCUT2D eigenvalue weighted by Crippen LogP contribution is -2.16. The Hall–Kier alpha value is -2.30. The van der Waals surface area contributed by atoms with E-state index in [-0.39, 0.29) is 11.2 Å². The molecular formula is C12H14N4O. The van der Waals surface area contributed by atoms with Crippen molar-refractivity contribution < 1.29 is 0 Å². The molecule has 5 heteroatoms. The van der Waals surface area contributed by atoms with Crippen molar-refractivity contribution in [2.75, 3.05) is 17.6 Å². The smallest absolute Gasteiger partial charge is 0.275 e. The van der Waals surface area contributed by atoms with Crippen LogP contribution in [0.5, 0.6) is 0 Å². The van der Waals surface area contributed by atoms with E-state index in [4.69, 9.17) is 5.73 Å². The van der Waals surface area contributed by atoms with Crippen molar-refractivity contribution in [2.45, 2.75) is 6.42 Å². The molecule has 4 N–H and O–H groups in total. The molecule has 1 aromatic heterocycles. The Kier molecular flexibility index (Phi) is 3.40. The van der Waals surface area contributed by atoms with Gasteiger partial charge in [-0.2, -0.15) is 0 Å². The van der Waals surface area contributed by atoms with Crippen LogP contribution in [0.1, 0.15) is 5.56 Å². The fourth-order valence-electron chi connectivity index (χ4n) is 1.46. The van der Waals surface area contributed by atoms with Crippen LogP contribution < -0.4 is 16.6 Å². The van der Waals surface area contributed by atoms with Gasteiger partial charge in [0.15, 0.2) is 0 Å². The summed E-state index contributed by atoms with van der Waals surface area (Å²) in [6.45, 7) is 0.705. The first kappa shape index (κ1) is 11.2. The van der Waals surface area contributed by atoms with Crippen LogP contribution in [0.4, 0.5) is 11.6 Å². The number of benzene rings is 1. The minimum Gasteiger partial charge on any atom is -0.393 e. The topological polar surface area (TPSA) is 83.8 Å². The molecule has 0 atom stereocenters. The van der Waals surface area contributed by atoms with Gasteiger partial charge in [0.2, 0.25) is 5.95 Å². The highest BCUT2D eigenvalue weighted by Gasteiger charge is 1.98. The van der Waals surface area contributed by atoms with E-state index in [9.17, 15) is 4.79 Å². The van der Waals surface area contributed by atoms with Crippen molar-refractivity contribution in [3.05, 3.63) is 52.4 Å². The summed E-state index contributed by atoms with van der Waals surface area (Å²) >= 11 is 0. The fraction of sp³-hybridized carbons (Fsp3) is 0.167. The van der Waals surface area contributed by atoms with Crippen LogP contribution in [-0.2, 0) is 6.42 Å². The molecular weight excluding hydrogens is 216 g/mol. The third kappa shape index (κ3) is 3.07. The normalized spacial score (nSPS) is 10.1. The Bertz CT molecular complexity index is 536. The molecule has 17 heavy (non-hydrogen) atoms. The summed E-state index contributed by atoms with van der Waals surface area (Å²) in [6.07, 6.45) is 2.22. The lowest BCUT2D eigenvalue weighted by Gasteiger charge is -2.05. The second-order valence-electron chi connectivity index (χ2n) is 3.68.